The molecule has 0 unspecified atom stereocenters. The molecule has 0 bridgehead atoms. The second-order valence-corrected chi connectivity index (χ2v) is 4.56. The summed E-state index contributed by atoms with van der Waals surface area (Å²) in [6.07, 6.45) is 0. The Balaban J connectivity index is 1.96. The zero-order chi connectivity index (χ0) is 16.7. The summed E-state index contributed by atoms with van der Waals surface area (Å²) in [6.45, 7) is -0.395. The fourth-order valence-corrected chi connectivity index (χ4v) is 1.89. The molecule has 0 saturated carbocycles. The molecule has 2 aromatic rings. The van der Waals surface area contributed by atoms with Crippen LogP contribution in [0.5, 0.6) is 11.5 Å². The average molecular weight is 315 g/mol. The van der Waals surface area contributed by atoms with Crippen LogP contribution in [0.15, 0.2) is 48.5 Å². The van der Waals surface area contributed by atoms with Crippen LogP contribution in [0.3, 0.4) is 0 Å². The Hall–Kier alpha value is -3.02. The van der Waals surface area contributed by atoms with E-state index < -0.39 is 18.5 Å². The predicted molar refractivity (Wildman–Crippen MR) is 84.9 cm³/mol. The number of hydrogen-bond acceptors (Lipinski definition) is 5. The molecule has 1 N–H and O–H groups in total. The number of ether oxygens (including phenoxy) is 3. The smallest absolute Gasteiger partial charge is 0.338 e. The number of esters is 1. The number of carbonyl (C=O) groups excluding carboxylic acids is 2. The third-order valence-corrected chi connectivity index (χ3v) is 3.02. The summed E-state index contributed by atoms with van der Waals surface area (Å²) in [4.78, 5) is 23.7. The van der Waals surface area contributed by atoms with E-state index in [1.54, 1.807) is 48.5 Å². The first-order valence-corrected chi connectivity index (χ1v) is 6.88. The minimum Gasteiger partial charge on any atom is -0.497 e. The van der Waals surface area contributed by atoms with Crippen molar-refractivity contribution in [2.75, 3.05) is 26.1 Å². The number of amides is 1. The number of anilines is 1. The van der Waals surface area contributed by atoms with Crippen LogP contribution in [0.25, 0.3) is 0 Å². The number of benzene rings is 2. The standard InChI is InChI=1S/C17H17NO5/c1-21-13-8-9-15(22-2)14(10-13)18-16(19)11-23-17(20)12-6-4-3-5-7-12/h3-10H,11H2,1-2H3,(H,18,19). The lowest BCUT2D eigenvalue weighted by Gasteiger charge is -2.12. The molecular formula is C17H17NO5. The minimum absolute atomic E-state index is 0.388. The molecule has 120 valence electrons. The van der Waals surface area contributed by atoms with Crippen LogP contribution in [-0.4, -0.2) is 32.7 Å². The lowest BCUT2D eigenvalue weighted by atomic mass is 10.2. The molecule has 0 aromatic heterocycles. The van der Waals surface area contributed by atoms with Gasteiger partial charge in [-0.1, -0.05) is 18.2 Å². The number of carbonyl (C=O) groups is 2. The van der Waals surface area contributed by atoms with Gasteiger partial charge in [0.25, 0.3) is 5.91 Å². The number of rotatable bonds is 6. The Morgan fingerprint density at radius 2 is 1.74 bits per heavy atom. The molecule has 23 heavy (non-hydrogen) atoms. The van der Waals surface area contributed by atoms with E-state index in [-0.39, 0.29) is 0 Å². The Bertz CT molecular complexity index is 685. The molecule has 0 aliphatic rings. The van der Waals surface area contributed by atoms with Crippen LogP contribution in [-0.2, 0) is 9.53 Å². The summed E-state index contributed by atoms with van der Waals surface area (Å²) in [6, 6.07) is 13.5. The molecule has 0 atom stereocenters. The molecule has 6 heteroatoms. The Morgan fingerprint density at radius 3 is 2.39 bits per heavy atom. The van der Waals surface area contributed by atoms with Gasteiger partial charge in [-0.25, -0.2) is 4.79 Å². The lowest BCUT2D eigenvalue weighted by Crippen LogP contribution is -2.21. The van der Waals surface area contributed by atoms with E-state index in [1.807, 2.05) is 0 Å². The van der Waals surface area contributed by atoms with Crippen molar-refractivity contribution in [1.82, 2.24) is 0 Å². The number of methoxy groups -OCH3 is 2. The van der Waals surface area contributed by atoms with Gasteiger partial charge in [0.2, 0.25) is 0 Å². The fourth-order valence-electron chi connectivity index (χ4n) is 1.89. The van der Waals surface area contributed by atoms with Gasteiger partial charge in [-0.15, -0.1) is 0 Å². The lowest BCUT2D eigenvalue weighted by molar-refractivity contribution is -0.119. The van der Waals surface area contributed by atoms with E-state index in [2.05, 4.69) is 5.32 Å². The monoisotopic (exact) mass is 315 g/mol. The molecule has 0 fully saturated rings. The van der Waals surface area contributed by atoms with Gasteiger partial charge < -0.3 is 19.5 Å². The highest BCUT2D eigenvalue weighted by molar-refractivity contribution is 5.96. The van der Waals surface area contributed by atoms with Gasteiger partial charge in [-0.2, -0.15) is 0 Å². The maximum atomic E-state index is 11.9. The van der Waals surface area contributed by atoms with Crippen LogP contribution in [0.2, 0.25) is 0 Å². The van der Waals surface area contributed by atoms with E-state index in [1.165, 1.54) is 14.2 Å². The van der Waals surface area contributed by atoms with Gasteiger partial charge in [-0.3, -0.25) is 4.79 Å². The van der Waals surface area contributed by atoms with E-state index in [9.17, 15) is 9.59 Å². The van der Waals surface area contributed by atoms with Crippen molar-refractivity contribution in [3.8, 4) is 11.5 Å². The summed E-state index contributed by atoms with van der Waals surface area (Å²) >= 11 is 0. The van der Waals surface area contributed by atoms with Gasteiger partial charge in [-0.05, 0) is 24.3 Å². The molecule has 0 radical (unpaired) electrons. The molecule has 0 heterocycles. The van der Waals surface area contributed by atoms with Gasteiger partial charge in [0.05, 0.1) is 25.5 Å². The van der Waals surface area contributed by atoms with Gasteiger partial charge in [0.15, 0.2) is 6.61 Å². The summed E-state index contributed by atoms with van der Waals surface area (Å²) in [5.41, 5.74) is 0.826. The molecule has 0 saturated heterocycles. The number of hydrogen-bond donors (Lipinski definition) is 1. The first-order chi connectivity index (χ1) is 11.1. The van der Waals surface area contributed by atoms with Crippen LogP contribution < -0.4 is 14.8 Å². The van der Waals surface area contributed by atoms with E-state index in [4.69, 9.17) is 14.2 Å². The van der Waals surface area contributed by atoms with E-state index >= 15 is 0 Å². The van der Waals surface area contributed by atoms with Crippen molar-refractivity contribution in [3.63, 3.8) is 0 Å². The van der Waals surface area contributed by atoms with Crippen LogP contribution >= 0.6 is 0 Å². The van der Waals surface area contributed by atoms with Crippen LogP contribution in [0.4, 0.5) is 5.69 Å². The van der Waals surface area contributed by atoms with E-state index in [0.29, 0.717) is 22.7 Å². The maximum Gasteiger partial charge on any atom is 0.338 e. The average Bonchev–Trinajstić information content (AvgIpc) is 2.60. The predicted octanol–water partition coefficient (Wildman–Crippen LogP) is 2.50. The first-order valence-electron chi connectivity index (χ1n) is 6.88. The molecule has 0 spiro atoms. The summed E-state index contributed by atoms with van der Waals surface area (Å²) in [5.74, 6) is 0.0232. The van der Waals surface area contributed by atoms with Crippen LogP contribution in [0, 0.1) is 0 Å². The van der Waals surface area contributed by atoms with Crippen molar-refractivity contribution < 1.29 is 23.8 Å². The Labute approximate surface area is 134 Å². The second kappa shape index (κ2) is 7.84. The fraction of sp³-hybridized carbons (Fsp3) is 0.176. The second-order valence-electron chi connectivity index (χ2n) is 4.56. The van der Waals surface area contributed by atoms with Gasteiger partial charge in [0.1, 0.15) is 11.5 Å². The van der Waals surface area contributed by atoms with Gasteiger partial charge >= 0.3 is 5.97 Å². The molecule has 1 amide bonds. The quantitative estimate of drug-likeness (QED) is 0.829. The molecule has 6 nitrogen and oxygen atoms in total. The maximum absolute atomic E-state index is 11.9. The van der Waals surface area contributed by atoms with Crippen molar-refractivity contribution in [2.45, 2.75) is 0 Å². The third kappa shape index (κ3) is 4.47. The Morgan fingerprint density at radius 1 is 1.00 bits per heavy atom. The first kappa shape index (κ1) is 16.4. The number of nitrogens with one attached hydrogen (secondary N) is 1. The van der Waals surface area contributed by atoms with Crippen molar-refractivity contribution in [1.29, 1.82) is 0 Å². The summed E-state index contributed by atoms with van der Waals surface area (Å²) in [7, 11) is 3.02. The largest absolute Gasteiger partial charge is 0.497 e. The molecule has 0 aliphatic carbocycles. The Kier molecular flexibility index (Phi) is 5.57. The summed E-state index contributed by atoms with van der Waals surface area (Å²) < 4.78 is 15.2. The van der Waals surface area contributed by atoms with Crippen molar-refractivity contribution in [2.24, 2.45) is 0 Å². The van der Waals surface area contributed by atoms with Gasteiger partial charge in [0, 0.05) is 6.07 Å². The third-order valence-electron chi connectivity index (χ3n) is 3.02. The van der Waals surface area contributed by atoms with Crippen LogP contribution in [0.1, 0.15) is 10.4 Å². The molecule has 2 aromatic carbocycles. The molecular weight excluding hydrogens is 298 g/mol. The highest BCUT2D eigenvalue weighted by atomic mass is 16.5. The molecule has 0 aliphatic heterocycles. The highest BCUT2D eigenvalue weighted by Crippen LogP contribution is 2.28. The molecule has 2 rings (SSSR count). The summed E-state index contributed by atoms with van der Waals surface area (Å²) in [5, 5.41) is 2.62. The zero-order valence-corrected chi connectivity index (χ0v) is 12.9. The van der Waals surface area contributed by atoms with Crippen molar-refractivity contribution >= 4 is 17.6 Å². The normalized spacial score (nSPS) is 9.83. The minimum atomic E-state index is -0.557. The van der Waals surface area contributed by atoms with E-state index in [0.717, 1.165) is 0 Å². The highest BCUT2D eigenvalue weighted by Gasteiger charge is 2.12. The topological polar surface area (TPSA) is 73.9 Å². The van der Waals surface area contributed by atoms with Crippen molar-refractivity contribution in [3.05, 3.63) is 54.1 Å². The zero-order valence-electron chi connectivity index (χ0n) is 12.9. The SMILES string of the molecule is COc1ccc(OC)c(NC(=O)COC(=O)c2ccccc2)c1.